The average Bonchev–Trinajstić information content (AvgIpc) is 2.22. The molecule has 2 bridgehead atoms. The van der Waals surface area contributed by atoms with Gasteiger partial charge in [-0.25, -0.2) is 0 Å². The Balaban J connectivity index is 2.17. The Morgan fingerprint density at radius 2 is 2.25 bits per heavy atom. The van der Waals surface area contributed by atoms with E-state index < -0.39 is 0 Å². The first-order valence-electron chi connectivity index (χ1n) is 6.17. The molecule has 0 unspecified atom stereocenters. The summed E-state index contributed by atoms with van der Waals surface area (Å²) in [5.41, 5.74) is 3.07. The van der Waals surface area contributed by atoms with Crippen LogP contribution in [0.25, 0.3) is 0 Å². The molecule has 1 aliphatic carbocycles. The van der Waals surface area contributed by atoms with Crippen molar-refractivity contribution in [2.45, 2.75) is 38.1 Å². The summed E-state index contributed by atoms with van der Waals surface area (Å²) in [6.07, 6.45) is 2.25. The first-order valence-corrected chi connectivity index (χ1v) is 6.17. The third-order valence-electron chi connectivity index (χ3n) is 4.80. The summed E-state index contributed by atoms with van der Waals surface area (Å²) in [6.45, 7) is 5.85. The minimum absolute atomic E-state index is 0.289. The number of rotatable bonds is 0. The number of phenols is 1. The SMILES string of the molecule is C[C@H]1[C@H]2Cc3cc(O)ccc3[C@]1(C)CCN2. The van der Waals surface area contributed by atoms with Crippen LogP contribution >= 0.6 is 0 Å². The van der Waals surface area contributed by atoms with Crippen LogP contribution in [0, 0.1) is 5.92 Å². The Labute approximate surface area is 96.7 Å². The summed E-state index contributed by atoms with van der Waals surface area (Å²) in [6, 6.07) is 6.48. The number of hydrogen-bond acceptors (Lipinski definition) is 2. The van der Waals surface area contributed by atoms with Gasteiger partial charge in [-0.15, -0.1) is 0 Å². The van der Waals surface area contributed by atoms with Crippen LogP contribution in [0.1, 0.15) is 31.4 Å². The van der Waals surface area contributed by atoms with Crippen LogP contribution in [0.2, 0.25) is 0 Å². The normalized spacial score (nSPS) is 36.9. The van der Waals surface area contributed by atoms with Crippen molar-refractivity contribution in [1.29, 1.82) is 0 Å². The summed E-state index contributed by atoms with van der Waals surface area (Å²) >= 11 is 0. The monoisotopic (exact) mass is 217 g/mol. The molecule has 0 aromatic heterocycles. The zero-order valence-corrected chi connectivity index (χ0v) is 9.96. The molecule has 0 spiro atoms. The molecule has 1 aromatic rings. The lowest BCUT2D eigenvalue weighted by Crippen LogP contribution is -2.56. The lowest BCUT2D eigenvalue weighted by molar-refractivity contribution is 0.158. The maximum absolute atomic E-state index is 9.58. The second-order valence-electron chi connectivity index (χ2n) is 5.56. The van der Waals surface area contributed by atoms with Gasteiger partial charge in [0, 0.05) is 6.04 Å². The minimum atomic E-state index is 0.289. The van der Waals surface area contributed by atoms with Crippen molar-refractivity contribution in [1.82, 2.24) is 5.32 Å². The van der Waals surface area contributed by atoms with Crippen molar-refractivity contribution in [3.8, 4) is 5.75 Å². The third kappa shape index (κ3) is 1.23. The van der Waals surface area contributed by atoms with Gasteiger partial charge in [-0.1, -0.05) is 19.9 Å². The molecule has 3 rings (SSSR count). The van der Waals surface area contributed by atoms with Gasteiger partial charge in [0.2, 0.25) is 0 Å². The molecule has 16 heavy (non-hydrogen) atoms. The topological polar surface area (TPSA) is 32.3 Å². The zero-order chi connectivity index (χ0) is 11.3. The number of aromatic hydroxyl groups is 1. The van der Waals surface area contributed by atoms with Crippen molar-refractivity contribution in [3.05, 3.63) is 29.3 Å². The van der Waals surface area contributed by atoms with Crippen molar-refractivity contribution in [2.75, 3.05) is 6.54 Å². The van der Waals surface area contributed by atoms with E-state index in [1.54, 1.807) is 0 Å². The molecule has 1 saturated heterocycles. The van der Waals surface area contributed by atoms with Crippen LogP contribution in [0.15, 0.2) is 18.2 Å². The fourth-order valence-electron chi connectivity index (χ4n) is 3.54. The van der Waals surface area contributed by atoms with Gasteiger partial charge in [-0.3, -0.25) is 0 Å². The summed E-state index contributed by atoms with van der Waals surface area (Å²) < 4.78 is 0. The molecule has 2 aliphatic rings. The van der Waals surface area contributed by atoms with Crippen LogP contribution in [0.4, 0.5) is 0 Å². The molecule has 1 heterocycles. The number of nitrogens with one attached hydrogen (secondary N) is 1. The highest BCUT2D eigenvalue weighted by molar-refractivity contribution is 5.43. The zero-order valence-electron chi connectivity index (χ0n) is 9.96. The highest BCUT2D eigenvalue weighted by Gasteiger charge is 2.45. The summed E-state index contributed by atoms with van der Waals surface area (Å²) in [7, 11) is 0. The Morgan fingerprint density at radius 1 is 1.44 bits per heavy atom. The second-order valence-corrected chi connectivity index (χ2v) is 5.56. The van der Waals surface area contributed by atoms with Gasteiger partial charge in [-0.05, 0) is 54.0 Å². The molecule has 1 fully saturated rings. The lowest BCUT2D eigenvalue weighted by atomic mass is 9.59. The van der Waals surface area contributed by atoms with E-state index >= 15 is 0 Å². The molecule has 2 heteroatoms. The molecule has 1 aromatic carbocycles. The lowest BCUT2D eigenvalue weighted by Gasteiger charge is -2.50. The van der Waals surface area contributed by atoms with Crippen LogP contribution in [-0.4, -0.2) is 17.7 Å². The predicted molar refractivity (Wildman–Crippen MR) is 64.7 cm³/mol. The number of fused-ring (bicyclic) bond motifs is 4. The Kier molecular flexibility index (Phi) is 2.05. The highest BCUT2D eigenvalue weighted by Crippen LogP contribution is 2.46. The summed E-state index contributed by atoms with van der Waals surface area (Å²) in [5, 5.41) is 13.2. The van der Waals surface area contributed by atoms with Crippen LogP contribution < -0.4 is 5.32 Å². The van der Waals surface area contributed by atoms with E-state index in [1.165, 1.54) is 17.5 Å². The average molecular weight is 217 g/mol. The Morgan fingerprint density at radius 3 is 3.06 bits per heavy atom. The van der Waals surface area contributed by atoms with E-state index in [0.717, 1.165) is 13.0 Å². The van der Waals surface area contributed by atoms with Gasteiger partial charge < -0.3 is 10.4 Å². The van der Waals surface area contributed by atoms with Gasteiger partial charge in [0.05, 0.1) is 0 Å². The van der Waals surface area contributed by atoms with Crippen LogP contribution in [0.5, 0.6) is 5.75 Å². The molecule has 2 N–H and O–H groups in total. The third-order valence-corrected chi connectivity index (χ3v) is 4.80. The number of benzene rings is 1. The standard InChI is InChI=1S/C14H19NO/c1-9-13-8-10-7-11(16)3-4-12(10)14(9,2)5-6-15-13/h3-4,7,9,13,15-16H,5-6,8H2,1-2H3/t9-,13+,14+/m0/s1. The molecule has 0 saturated carbocycles. The summed E-state index contributed by atoms with van der Waals surface area (Å²) in [4.78, 5) is 0. The Bertz CT molecular complexity index is 429. The van der Waals surface area contributed by atoms with Crippen LogP contribution in [0.3, 0.4) is 0 Å². The predicted octanol–water partition coefficient (Wildman–Crippen LogP) is 2.20. The van der Waals surface area contributed by atoms with E-state index in [4.69, 9.17) is 0 Å². The van der Waals surface area contributed by atoms with E-state index in [2.05, 4.69) is 25.2 Å². The maximum atomic E-state index is 9.58. The number of piperidine rings is 1. The first kappa shape index (κ1) is 10.2. The van der Waals surface area contributed by atoms with Gasteiger partial charge in [0.1, 0.15) is 5.75 Å². The molecule has 2 nitrogen and oxygen atoms in total. The van der Waals surface area contributed by atoms with Gasteiger partial charge in [0.15, 0.2) is 0 Å². The summed E-state index contributed by atoms with van der Waals surface area (Å²) in [5.74, 6) is 1.08. The Hall–Kier alpha value is -1.02. The van der Waals surface area contributed by atoms with Gasteiger partial charge >= 0.3 is 0 Å². The van der Waals surface area contributed by atoms with Gasteiger partial charge in [-0.2, -0.15) is 0 Å². The fraction of sp³-hybridized carbons (Fsp3) is 0.571. The molecule has 86 valence electrons. The van der Waals surface area contributed by atoms with E-state index in [-0.39, 0.29) is 5.41 Å². The minimum Gasteiger partial charge on any atom is -0.508 e. The van der Waals surface area contributed by atoms with Gasteiger partial charge in [0.25, 0.3) is 0 Å². The van der Waals surface area contributed by atoms with Crippen molar-refractivity contribution in [3.63, 3.8) is 0 Å². The van der Waals surface area contributed by atoms with Crippen molar-refractivity contribution >= 4 is 0 Å². The fourth-order valence-corrected chi connectivity index (χ4v) is 3.54. The number of hydrogen-bond donors (Lipinski definition) is 2. The first-order chi connectivity index (χ1) is 7.61. The molecule has 3 atom stereocenters. The molecule has 0 radical (unpaired) electrons. The molecular weight excluding hydrogens is 198 g/mol. The number of phenolic OH excluding ortho intramolecular Hbond substituents is 1. The van der Waals surface area contributed by atoms with Crippen molar-refractivity contribution < 1.29 is 5.11 Å². The maximum Gasteiger partial charge on any atom is 0.115 e. The molecule has 0 amide bonds. The van der Waals surface area contributed by atoms with E-state index in [9.17, 15) is 5.11 Å². The highest BCUT2D eigenvalue weighted by atomic mass is 16.3. The molecule has 1 aliphatic heterocycles. The smallest absolute Gasteiger partial charge is 0.115 e. The molecular formula is C14H19NO. The second kappa shape index (κ2) is 3.24. The van der Waals surface area contributed by atoms with Crippen LogP contribution in [-0.2, 0) is 11.8 Å². The quantitative estimate of drug-likeness (QED) is 0.698. The largest absolute Gasteiger partial charge is 0.508 e. The van der Waals surface area contributed by atoms with Crippen molar-refractivity contribution in [2.24, 2.45) is 5.92 Å². The van der Waals surface area contributed by atoms with E-state index in [1.807, 2.05) is 12.1 Å². The van der Waals surface area contributed by atoms with E-state index in [0.29, 0.717) is 17.7 Å².